The lowest BCUT2D eigenvalue weighted by atomic mass is 10.5. The zero-order chi connectivity index (χ0) is 12.8. The van der Waals surface area contributed by atoms with Crippen molar-refractivity contribution in [3.8, 4) is 5.88 Å². The molecule has 0 saturated carbocycles. The highest BCUT2D eigenvalue weighted by molar-refractivity contribution is 5.27. The van der Waals surface area contributed by atoms with E-state index in [1.54, 1.807) is 18.6 Å². The molecule has 0 unspecified atom stereocenters. The zero-order valence-electron chi connectivity index (χ0n) is 10.5. The fourth-order valence-corrected chi connectivity index (χ4v) is 1.49. The SMILES string of the molecule is CCOc1ccnc(NCc2nncn2CC)n1. The first-order valence-electron chi connectivity index (χ1n) is 5.89. The summed E-state index contributed by atoms with van der Waals surface area (Å²) in [6.45, 7) is 5.91. The first-order valence-corrected chi connectivity index (χ1v) is 5.89. The maximum absolute atomic E-state index is 5.30. The number of anilines is 1. The Balaban J connectivity index is 1.99. The van der Waals surface area contributed by atoms with Crippen LogP contribution in [0.3, 0.4) is 0 Å². The number of ether oxygens (including phenoxy) is 1. The molecule has 2 aromatic rings. The summed E-state index contributed by atoms with van der Waals surface area (Å²) in [6.07, 6.45) is 3.36. The van der Waals surface area contributed by atoms with E-state index >= 15 is 0 Å². The molecule has 96 valence electrons. The third-order valence-corrected chi connectivity index (χ3v) is 2.36. The molecular formula is C11H16N6O. The Morgan fingerprint density at radius 3 is 3.06 bits per heavy atom. The van der Waals surface area contributed by atoms with E-state index in [4.69, 9.17) is 4.74 Å². The van der Waals surface area contributed by atoms with Crippen LogP contribution in [0.25, 0.3) is 0 Å². The molecule has 7 nitrogen and oxygen atoms in total. The van der Waals surface area contributed by atoms with E-state index in [0.29, 0.717) is 25.0 Å². The zero-order valence-corrected chi connectivity index (χ0v) is 10.5. The molecule has 7 heteroatoms. The van der Waals surface area contributed by atoms with E-state index in [2.05, 4.69) is 25.5 Å². The topological polar surface area (TPSA) is 77.8 Å². The minimum atomic E-state index is 0.520. The predicted molar refractivity (Wildman–Crippen MR) is 66.2 cm³/mol. The standard InChI is InChI=1S/C11H16N6O/c1-3-17-8-14-16-9(17)7-13-11-12-6-5-10(15-11)18-4-2/h5-6,8H,3-4,7H2,1-2H3,(H,12,13,15). The van der Waals surface area contributed by atoms with Crippen LogP contribution in [0.1, 0.15) is 19.7 Å². The van der Waals surface area contributed by atoms with Gasteiger partial charge in [-0.05, 0) is 13.8 Å². The number of rotatable bonds is 6. The molecule has 2 rings (SSSR count). The second-order valence-corrected chi connectivity index (χ2v) is 3.54. The second-order valence-electron chi connectivity index (χ2n) is 3.54. The second kappa shape index (κ2) is 5.95. The average Bonchev–Trinajstić information content (AvgIpc) is 2.84. The Morgan fingerprint density at radius 2 is 2.28 bits per heavy atom. The van der Waals surface area contributed by atoms with Crippen molar-refractivity contribution in [2.75, 3.05) is 11.9 Å². The monoisotopic (exact) mass is 248 g/mol. The van der Waals surface area contributed by atoms with Gasteiger partial charge in [-0.15, -0.1) is 10.2 Å². The van der Waals surface area contributed by atoms with Crippen molar-refractivity contribution in [3.05, 3.63) is 24.4 Å². The molecule has 0 radical (unpaired) electrons. The molecule has 0 aliphatic carbocycles. The van der Waals surface area contributed by atoms with Crippen molar-refractivity contribution in [1.29, 1.82) is 0 Å². The third kappa shape index (κ3) is 2.93. The summed E-state index contributed by atoms with van der Waals surface area (Å²) in [6, 6.07) is 1.73. The molecule has 2 aromatic heterocycles. The maximum atomic E-state index is 5.30. The molecule has 0 aliphatic heterocycles. The lowest BCUT2D eigenvalue weighted by Crippen LogP contribution is -2.09. The Labute approximate surface area is 105 Å². The van der Waals surface area contributed by atoms with Gasteiger partial charge in [0.05, 0.1) is 13.2 Å². The highest BCUT2D eigenvalue weighted by Crippen LogP contribution is 2.08. The number of aromatic nitrogens is 5. The lowest BCUT2D eigenvalue weighted by Gasteiger charge is -2.07. The predicted octanol–water partition coefficient (Wildman–Crippen LogP) is 1.10. The molecule has 0 amide bonds. The Bertz CT molecular complexity index is 498. The van der Waals surface area contributed by atoms with E-state index < -0.39 is 0 Å². The highest BCUT2D eigenvalue weighted by Gasteiger charge is 2.04. The summed E-state index contributed by atoms with van der Waals surface area (Å²) >= 11 is 0. The molecule has 0 saturated heterocycles. The molecule has 0 aliphatic rings. The van der Waals surface area contributed by atoms with Crippen LogP contribution in [0, 0.1) is 0 Å². The molecule has 1 N–H and O–H groups in total. The van der Waals surface area contributed by atoms with Crippen LogP contribution in [0.2, 0.25) is 0 Å². The minimum Gasteiger partial charge on any atom is -0.478 e. The number of aryl methyl sites for hydroxylation is 1. The van der Waals surface area contributed by atoms with E-state index in [1.807, 2.05) is 18.4 Å². The smallest absolute Gasteiger partial charge is 0.226 e. The number of hydrogen-bond donors (Lipinski definition) is 1. The van der Waals surface area contributed by atoms with E-state index in [0.717, 1.165) is 12.4 Å². The minimum absolute atomic E-state index is 0.520. The third-order valence-electron chi connectivity index (χ3n) is 2.36. The van der Waals surface area contributed by atoms with Crippen molar-refractivity contribution in [2.24, 2.45) is 0 Å². The van der Waals surface area contributed by atoms with Crippen LogP contribution in [-0.4, -0.2) is 31.3 Å². The van der Waals surface area contributed by atoms with Crippen molar-refractivity contribution in [2.45, 2.75) is 26.9 Å². The van der Waals surface area contributed by atoms with Gasteiger partial charge in [0.1, 0.15) is 6.33 Å². The van der Waals surface area contributed by atoms with Crippen LogP contribution >= 0.6 is 0 Å². The first kappa shape index (κ1) is 12.3. The molecule has 18 heavy (non-hydrogen) atoms. The highest BCUT2D eigenvalue weighted by atomic mass is 16.5. The van der Waals surface area contributed by atoms with Gasteiger partial charge in [-0.2, -0.15) is 4.98 Å². The van der Waals surface area contributed by atoms with Crippen LogP contribution in [-0.2, 0) is 13.1 Å². The first-order chi connectivity index (χ1) is 8.83. The average molecular weight is 248 g/mol. The van der Waals surface area contributed by atoms with Gasteiger partial charge < -0.3 is 14.6 Å². The van der Waals surface area contributed by atoms with Crippen LogP contribution in [0.15, 0.2) is 18.6 Å². The Kier molecular flexibility index (Phi) is 4.06. The number of nitrogens with one attached hydrogen (secondary N) is 1. The van der Waals surface area contributed by atoms with Gasteiger partial charge in [0.25, 0.3) is 0 Å². The van der Waals surface area contributed by atoms with Gasteiger partial charge in [-0.1, -0.05) is 0 Å². The van der Waals surface area contributed by atoms with E-state index in [1.165, 1.54) is 0 Å². The van der Waals surface area contributed by atoms with Gasteiger partial charge in [0.15, 0.2) is 5.82 Å². The van der Waals surface area contributed by atoms with Crippen molar-refractivity contribution < 1.29 is 4.74 Å². The number of hydrogen-bond acceptors (Lipinski definition) is 6. The van der Waals surface area contributed by atoms with Gasteiger partial charge >= 0.3 is 0 Å². The molecule has 0 fully saturated rings. The fourth-order valence-electron chi connectivity index (χ4n) is 1.49. The van der Waals surface area contributed by atoms with E-state index in [9.17, 15) is 0 Å². The normalized spacial score (nSPS) is 10.3. The Hall–Kier alpha value is -2.18. The summed E-state index contributed by atoms with van der Waals surface area (Å²) in [7, 11) is 0. The lowest BCUT2D eigenvalue weighted by molar-refractivity contribution is 0.326. The molecule has 2 heterocycles. The fraction of sp³-hybridized carbons (Fsp3) is 0.455. The number of nitrogens with zero attached hydrogens (tertiary/aromatic N) is 5. The summed E-state index contributed by atoms with van der Waals surface area (Å²) < 4.78 is 7.26. The van der Waals surface area contributed by atoms with Gasteiger partial charge in [-0.25, -0.2) is 4.98 Å². The summed E-state index contributed by atoms with van der Waals surface area (Å²) in [5, 5.41) is 11.0. The van der Waals surface area contributed by atoms with Crippen molar-refractivity contribution in [3.63, 3.8) is 0 Å². The largest absolute Gasteiger partial charge is 0.478 e. The quantitative estimate of drug-likeness (QED) is 0.824. The maximum Gasteiger partial charge on any atom is 0.226 e. The van der Waals surface area contributed by atoms with Crippen molar-refractivity contribution >= 4 is 5.95 Å². The van der Waals surface area contributed by atoms with Crippen LogP contribution in [0.5, 0.6) is 5.88 Å². The molecule has 0 aromatic carbocycles. The Morgan fingerprint density at radius 1 is 1.39 bits per heavy atom. The van der Waals surface area contributed by atoms with Gasteiger partial charge in [-0.3, -0.25) is 0 Å². The molecule has 0 bridgehead atoms. The summed E-state index contributed by atoms with van der Waals surface area (Å²) in [4.78, 5) is 8.33. The summed E-state index contributed by atoms with van der Waals surface area (Å²) in [5.74, 6) is 1.93. The van der Waals surface area contributed by atoms with Gasteiger partial charge in [0, 0.05) is 18.8 Å². The molecule has 0 spiro atoms. The van der Waals surface area contributed by atoms with Crippen LogP contribution < -0.4 is 10.1 Å². The molecular weight excluding hydrogens is 232 g/mol. The van der Waals surface area contributed by atoms with Crippen LogP contribution in [0.4, 0.5) is 5.95 Å². The summed E-state index contributed by atoms with van der Waals surface area (Å²) in [5.41, 5.74) is 0. The van der Waals surface area contributed by atoms with Gasteiger partial charge in [0.2, 0.25) is 11.8 Å². The van der Waals surface area contributed by atoms with E-state index in [-0.39, 0.29) is 0 Å². The molecule has 0 atom stereocenters. The van der Waals surface area contributed by atoms with Crippen molar-refractivity contribution in [1.82, 2.24) is 24.7 Å².